The summed E-state index contributed by atoms with van der Waals surface area (Å²) < 4.78 is 0. The molecule has 0 heterocycles. The predicted molar refractivity (Wildman–Crippen MR) is 46.8 cm³/mol. The van der Waals surface area contributed by atoms with Gasteiger partial charge in [-0.3, -0.25) is 4.79 Å². The van der Waals surface area contributed by atoms with Crippen molar-refractivity contribution in [3.05, 3.63) is 35.9 Å². The van der Waals surface area contributed by atoms with E-state index in [4.69, 9.17) is 0 Å². The van der Waals surface area contributed by atoms with Gasteiger partial charge in [0, 0.05) is 12.0 Å². The van der Waals surface area contributed by atoms with Crippen LogP contribution in [-0.2, 0) is 4.79 Å². The van der Waals surface area contributed by atoms with E-state index in [2.05, 4.69) is 17.4 Å². The SMILES string of the molecule is O=CNC1CC1c1ccccc1. The molecule has 0 saturated heterocycles. The lowest BCUT2D eigenvalue weighted by Gasteiger charge is -1.97. The highest BCUT2D eigenvalue weighted by Crippen LogP contribution is 2.40. The number of hydrogen-bond acceptors (Lipinski definition) is 1. The molecule has 1 aliphatic carbocycles. The quantitative estimate of drug-likeness (QED) is 0.665. The van der Waals surface area contributed by atoms with E-state index >= 15 is 0 Å². The van der Waals surface area contributed by atoms with Crippen LogP contribution in [0.25, 0.3) is 0 Å². The van der Waals surface area contributed by atoms with E-state index in [1.165, 1.54) is 5.56 Å². The van der Waals surface area contributed by atoms with Crippen molar-refractivity contribution < 1.29 is 4.79 Å². The summed E-state index contributed by atoms with van der Waals surface area (Å²) in [6.45, 7) is 0. The lowest BCUT2D eigenvalue weighted by Crippen LogP contribution is -2.14. The van der Waals surface area contributed by atoms with Crippen molar-refractivity contribution in [2.45, 2.75) is 18.4 Å². The van der Waals surface area contributed by atoms with Gasteiger partial charge in [-0.05, 0) is 12.0 Å². The number of rotatable bonds is 3. The molecule has 1 aromatic carbocycles. The maximum absolute atomic E-state index is 10.1. The summed E-state index contributed by atoms with van der Waals surface area (Å²) in [5, 5.41) is 2.79. The zero-order valence-electron chi connectivity index (χ0n) is 6.73. The average molecular weight is 161 g/mol. The fourth-order valence-corrected chi connectivity index (χ4v) is 1.54. The van der Waals surface area contributed by atoms with Crippen molar-refractivity contribution >= 4 is 6.41 Å². The molecule has 12 heavy (non-hydrogen) atoms. The minimum absolute atomic E-state index is 0.380. The first kappa shape index (κ1) is 7.35. The Morgan fingerprint density at radius 1 is 1.33 bits per heavy atom. The molecule has 2 atom stereocenters. The third kappa shape index (κ3) is 1.33. The summed E-state index contributed by atoms with van der Waals surface area (Å²) in [4.78, 5) is 10.1. The molecule has 0 radical (unpaired) electrons. The van der Waals surface area contributed by atoms with Gasteiger partial charge in [0.1, 0.15) is 0 Å². The van der Waals surface area contributed by atoms with Crippen molar-refractivity contribution in [1.29, 1.82) is 0 Å². The van der Waals surface area contributed by atoms with Crippen LogP contribution in [0.4, 0.5) is 0 Å². The maximum Gasteiger partial charge on any atom is 0.207 e. The van der Waals surface area contributed by atoms with E-state index in [0.29, 0.717) is 12.0 Å². The molecule has 0 aromatic heterocycles. The van der Waals surface area contributed by atoms with Crippen molar-refractivity contribution in [3.63, 3.8) is 0 Å². The molecule has 1 aromatic rings. The Labute approximate surface area is 71.6 Å². The zero-order valence-corrected chi connectivity index (χ0v) is 6.73. The van der Waals surface area contributed by atoms with E-state index in [0.717, 1.165) is 12.8 Å². The number of nitrogens with one attached hydrogen (secondary N) is 1. The number of carbonyl (C=O) groups excluding carboxylic acids is 1. The lowest BCUT2D eigenvalue weighted by atomic mass is 10.1. The number of hydrogen-bond donors (Lipinski definition) is 1. The highest BCUT2D eigenvalue weighted by atomic mass is 16.1. The Balaban J connectivity index is 2.01. The van der Waals surface area contributed by atoms with Crippen molar-refractivity contribution in [2.75, 3.05) is 0 Å². The molecule has 0 spiro atoms. The zero-order chi connectivity index (χ0) is 8.39. The van der Waals surface area contributed by atoms with E-state index < -0.39 is 0 Å². The summed E-state index contributed by atoms with van der Waals surface area (Å²) >= 11 is 0. The van der Waals surface area contributed by atoms with Gasteiger partial charge in [0.05, 0.1) is 0 Å². The van der Waals surface area contributed by atoms with Crippen molar-refractivity contribution in [2.24, 2.45) is 0 Å². The van der Waals surface area contributed by atoms with Crippen LogP contribution in [0, 0.1) is 0 Å². The Kier molecular flexibility index (Phi) is 1.82. The minimum Gasteiger partial charge on any atom is -0.355 e. The topological polar surface area (TPSA) is 29.1 Å². The van der Waals surface area contributed by atoms with Gasteiger partial charge in [-0.15, -0.1) is 0 Å². The smallest absolute Gasteiger partial charge is 0.207 e. The Morgan fingerprint density at radius 2 is 2.08 bits per heavy atom. The van der Waals surface area contributed by atoms with Crippen LogP contribution in [0.3, 0.4) is 0 Å². The second-order valence-electron chi connectivity index (χ2n) is 3.14. The Bertz CT molecular complexity index is 270. The van der Waals surface area contributed by atoms with E-state index in [1.54, 1.807) is 0 Å². The van der Waals surface area contributed by atoms with Gasteiger partial charge in [-0.25, -0.2) is 0 Å². The number of amides is 1. The summed E-state index contributed by atoms with van der Waals surface area (Å²) in [5.41, 5.74) is 1.33. The standard InChI is InChI=1S/C10H11NO/c12-7-11-10-6-9(10)8-4-2-1-3-5-8/h1-5,7,9-10H,6H2,(H,11,12). The van der Waals surface area contributed by atoms with Crippen LogP contribution in [-0.4, -0.2) is 12.5 Å². The van der Waals surface area contributed by atoms with Crippen LogP contribution >= 0.6 is 0 Å². The first-order valence-electron chi connectivity index (χ1n) is 4.16. The third-order valence-corrected chi connectivity index (χ3v) is 2.30. The molecule has 2 unspecified atom stereocenters. The molecule has 1 fully saturated rings. The van der Waals surface area contributed by atoms with Crippen LogP contribution in [0.5, 0.6) is 0 Å². The lowest BCUT2D eigenvalue weighted by molar-refractivity contribution is -0.109. The van der Waals surface area contributed by atoms with Gasteiger partial charge in [0.2, 0.25) is 6.41 Å². The Hall–Kier alpha value is -1.31. The summed E-state index contributed by atoms with van der Waals surface area (Å²) in [5.74, 6) is 0.552. The molecular weight excluding hydrogens is 150 g/mol. The normalized spacial score (nSPS) is 26.3. The van der Waals surface area contributed by atoms with Crippen LogP contribution < -0.4 is 5.32 Å². The maximum atomic E-state index is 10.1. The van der Waals surface area contributed by atoms with Gasteiger partial charge in [0.15, 0.2) is 0 Å². The molecule has 2 nitrogen and oxygen atoms in total. The molecule has 1 aliphatic rings. The predicted octanol–water partition coefficient (Wildman–Crippen LogP) is 1.29. The first-order chi connectivity index (χ1) is 5.92. The molecule has 2 heteroatoms. The van der Waals surface area contributed by atoms with Gasteiger partial charge in [-0.2, -0.15) is 0 Å². The summed E-state index contributed by atoms with van der Waals surface area (Å²) in [6.07, 6.45) is 1.87. The van der Waals surface area contributed by atoms with Crippen LogP contribution in [0.15, 0.2) is 30.3 Å². The molecule has 1 N–H and O–H groups in total. The Morgan fingerprint density at radius 3 is 2.75 bits per heavy atom. The molecule has 62 valence electrons. The molecule has 1 saturated carbocycles. The fraction of sp³-hybridized carbons (Fsp3) is 0.300. The van der Waals surface area contributed by atoms with Crippen molar-refractivity contribution in [1.82, 2.24) is 5.32 Å². The van der Waals surface area contributed by atoms with E-state index in [-0.39, 0.29) is 0 Å². The molecule has 0 bridgehead atoms. The van der Waals surface area contributed by atoms with Gasteiger partial charge in [0.25, 0.3) is 0 Å². The van der Waals surface area contributed by atoms with E-state index in [9.17, 15) is 4.79 Å². The van der Waals surface area contributed by atoms with Gasteiger partial charge in [-0.1, -0.05) is 30.3 Å². The second kappa shape index (κ2) is 2.97. The number of benzene rings is 1. The van der Waals surface area contributed by atoms with Crippen LogP contribution in [0.1, 0.15) is 17.9 Å². The summed E-state index contributed by atoms with van der Waals surface area (Å²) in [6, 6.07) is 10.7. The number of carbonyl (C=O) groups is 1. The van der Waals surface area contributed by atoms with Gasteiger partial charge >= 0.3 is 0 Å². The van der Waals surface area contributed by atoms with Crippen LogP contribution in [0.2, 0.25) is 0 Å². The average Bonchev–Trinajstić information content (AvgIpc) is 2.87. The third-order valence-electron chi connectivity index (χ3n) is 2.30. The minimum atomic E-state index is 0.380. The first-order valence-corrected chi connectivity index (χ1v) is 4.16. The van der Waals surface area contributed by atoms with E-state index in [1.807, 2.05) is 18.2 Å². The molecule has 2 rings (SSSR count). The molecule has 0 aliphatic heterocycles. The van der Waals surface area contributed by atoms with Gasteiger partial charge < -0.3 is 5.32 Å². The largest absolute Gasteiger partial charge is 0.355 e. The highest BCUT2D eigenvalue weighted by Gasteiger charge is 2.37. The monoisotopic (exact) mass is 161 g/mol. The molecular formula is C10H11NO. The molecule has 1 amide bonds. The van der Waals surface area contributed by atoms with Crippen molar-refractivity contribution in [3.8, 4) is 0 Å². The summed E-state index contributed by atoms with van der Waals surface area (Å²) in [7, 11) is 0. The highest BCUT2D eigenvalue weighted by molar-refractivity contribution is 5.49. The second-order valence-corrected chi connectivity index (χ2v) is 3.14. The fourth-order valence-electron chi connectivity index (χ4n) is 1.54.